The van der Waals surface area contributed by atoms with Crippen molar-refractivity contribution in [2.75, 3.05) is 34.2 Å². The van der Waals surface area contributed by atoms with Gasteiger partial charge in [0.25, 0.3) is 0 Å². The maximum absolute atomic E-state index is 13.4. The largest absolute Gasteiger partial charge is 0.502 e. The Morgan fingerprint density at radius 3 is 2.23 bits per heavy atom. The number of fused-ring (bicyclic) bond motifs is 5. The van der Waals surface area contributed by atoms with Crippen LogP contribution in [0.1, 0.15) is 135 Å². The number of phenols is 1. The second-order valence-electron chi connectivity index (χ2n) is 22.3. The van der Waals surface area contributed by atoms with Gasteiger partial charge in [0.15, 0.2) is 35.6 Å². The molecule has 0 spiro atoms. The van der Waals surface area contributed by atoms with Gasteiger partial charge in [-0.25, -0.2) is 4.98 Å². The van der Waals surface area contributed by atoms with E-state index in [9.17, 15) is 39.9 Å². The molecule has 10 rings (SSSR count). The number of hydrogen-bond donors (Lipinski definition) is 6. The Morgan fingerprint density at radius 1 is 0.900 bits per heavy atom. The summed E-state index contributed by atoms with van der Waals surface area (Å²) >= 11 is 1.48. The number of rotatable bonds is 8. The van der Waals surface area contributed by atoms with Crippen molar-refractivity contribution >= 4 is 35.1 Å². The number of epoxide rings is 1. The highest BCUT2D eigenvalue weighted by molar-refractivity contribution is 7.09. The number of methoxy groups -OCH3 is 2. The number of carbonyl (C=O) groups excluding carboxylic acids is 3. The second kappa shape index (κ2) is 25.3. The first-order valence-corrected chi connectivity index (χ1v) is 27.5. The predicted molar refractivity (Wildman–Crippen MR) is 291 cm³/mol. The summed E-state index contributed by atoms with van der Waals surface area (Å²) in [5.41, 5.74) is 7.75. The first kappa shape index (κ1) is 62.6. The van der Waals surface area contributed by atoms with E-state index in [0.29, 0.717) is 41.2 Å². The smallest absolute Gasteiger partial charge is 0.310 e. The number of nitrogens with zero attached hydrogens (tertiary/aromatic N) is 1. The summed E-state index contributed by atoms with van der Waals surface area (Å²) in [4.78, 5) is 44.0. The number of Topliss-reactive ketones (excluding diaryl/α,β-unsaturated/α-hetero) is 1. The van der Waals surface area contributed by atoms with E-state index in [1.165, 1.54) is 25.6 Å². The Balaban J connectivity index is 0.000000229. The Bertz CT molecular complexity index is 2690. The molecule has 0 radical (unpaired) electrons. The lowest BCUT2D eigenvalue weighted by Gasteiger charge is -2.47. The molecule has 1 aromatic heterocycles. The summed E-state index contributed by atoms with van der Waals surface area (Å²) in [5, 5.41) is 57.0. The van der Waals surface area contributed by atoms with Crippen LogP contribution >= 0.6 is 11.3 Å². The van der Waals surface area contributed by atoms with Crippen LogP contribution in [0.2, 0.25) is 0 Å². The van der Waals surface area contributed by atoms with Gasteiger partial charge in [-0.2, -0.15) is 0 Å². The number of nitrogens with two attached hydrogens (primary N) is 1. The zero-order chi connectivity index (χ0) is 56.1. The first-order valence-electron chi connectivity index (χ1n) is 26.7. The number of carbonyl (C=O) groups is 3. The normalized spacial score (nSPS) is 35.7. The van der Waals surface area contributed by atoms with Crippen LogP contribution in [-0.2, 0) is 54.1 Å². The zero-order valence-corrected chi connectivity index (χ0v) is 46.3. The zero-order valence-electron chi connectivity index (χ0n) is 45.5. The quantitative estimate of drug-likeness (QED) is 0.107. The van der Waals surface area contributed by atoms with Crippen molar-refractivity contribution in [3.8, 4) is 28.7 Å². The molecule has 444 valence electrons. The van der Waals surface area contributed by atoms with Crippen LogP contribution in [-0.4, -0.2) is 149 Å². The van der Waals surface area contributed by atoms with Crippen LogP contribution in [0.3, 0.4) is 0 Å². The average molecular weight is 1140 g/mol. The molecule has 0 saturated carbocycles. The van der Waals surface area contributed by atoms with Crippen LogP contribution in [0.25, 0.3) is 6.08 Å². The monoisotopic (exact) mass is 1140 g/mol. The van der Waals surface area contributed by atoms with Gasteiger partial charge in [-0.15, -0.1) is 11.3 Å². The Labute approximate surface area is 471 Å². The molecule has 3 unspecified atom stereocenters. The summed E-state index contributed by atoms with van der Waals surface area (Å²) in [5.74, 6) is -2.62. The number of phenolic OH excluding ortho intramolecular Hbond substituents is 1. The third-order valence-corrected chi connectivity index (χ3v) is 17.7. The van der Waals surface area contributed by atoms with Gasteiger partial charge >= 0.3 is 11.9 Å². The van der Waals surface area contributed by atoms with Gasteiger partial charge in [-0.3, -0.25) is 14.4 Å². The van der Waals surface area contributed by atoms with Crippen molar-refractivity contribution < 1.29 is 92.0 Å². The standard InChI is InChI=1S/C29H32O13.C27H42N2O6S.2CH4/c1-11-36-9-20-27(40-11)24(31)25(32)29(41-20)42-26-14-7-17-16(38-10-39-17)6-13(14)21(22-15(26)8-37-28(22)33)12-4-18(34-2)23(30)19(5-12)35-3;1-15-8-7-9-27(6)21(35-27)11-19(16(2)10-18-14-36-22(13-28)29-18)34-23(31)12-20(30)26(4,5)25(33)17(3)24(15)32;;/h4-7,11,15,20-22,24-27,29-32H,8-10H2,1-3H3;10,14-15,17,19-21,24,30,32H,7-9,11-13,28H2,1-6H3;2*1H4/b;16-10+;;/t11-,15+,20?,21-,22+,24-,25-,26-,27-,29?;15-,17+,19?,20-,21-,24-,27+;;/m10../s1. The van der Waals surface area contributed by atoms with Gasteiger partial charge < -0.3 is 83.4 Å². The number of aromatic hydroxyl groups is 1. The maximum atomic E-state index is 13.4. The number of aromatic nitrogens is 1. The minimum absolute atomic E-state index is 0. The van der Waals surface area contributed by atoms with Crippen molar-refractivity contribution in [2.45, 2.75) is 181 Å². The van der Waals surface area contributed by atoms with E-state index in [-0.39, 0.29) is 81.9 Å². The van der Waals surface area contributed by atoms with Crippen LogP contribution in [0.5, 0.6) is 28.7 Å². The van der Waals surface area contributed by atoms with Crippen LogP contribution in [0.4, 0.5) is 0 Å². The van der Waals surface area contributed by atoms with Crippen molar-refractivity contribution in [1.82, 2.24) is 4.98 Å². The van der Waals surface area contributed by atoms with Gasteiger partial charge in [0.2, 0.25) is 12.5 Å². The molecular formula is C58H82N2O19S. The van der Waals surface area contributed by atoms with Crippen molar-refractivity contribution in [2.24, 2.45) is 34.8 Å². The lowest BCUT2D eigenvalue weighted by Crippen LogP contribution is -2.63. The number of ketones is 1. The SMILES string of the molecule is C.C.C/C(=C\c1csc(CN)n1)C1C[C@@H]2O[C@]2(C)CCC[C@H](C)[C@H](O)[C@@H](C)C(=O)C(C)(C)[C@@H](O)CC(=O)O1.COc1cc([C@@H]2c3cc4c(cc3[C@@H](OC3OC5CO[C@@H](C)O[C@H]5[C@H](O)[C@H]3O)[C@H]3COC(=O)[C@H]23)OCO4)cc(OC)c1O. The highest BCUT2D eigenvalue weighted by atomic mass is 32.1. The van der Waals surface area contributed by atoms with Gasteiger partial charge in [-0.1, -0.05) is 49.0 Å². The molecule has 5 saturated heterocycles. The fourth-order valence-electron chi connectivity index (χ4n) is 11.8. The minimum atomic E-state index is -1.44. The van der Waals surface area contributed by atoms with Gasteiger partial charge in [-0.05, 0) is 92.1 Å². The molecular weight excluding hydrogens is 1060 g/mol. The van der Waals surface area contributed by atoms with Crippen LogP contribution in [0, 0.1) is 29.1 Å². The first-order chi connectivity index (χ1) is 37.1. The van der Waals surface area contributed by atoms with Crippen LogP contribution < -0.4 is 24.7 Å². The molecule has 1 aliphatic carbocycles. The van der Waals surface area contributed by atoms with E-state index in [1.807, 2.05) is 25.3 Å². The van der Waals surface area contributed by atoms with E-state index in [4.69, 9.17) is 57.8 Å². The molecule has 0 amide bonds. The van der Waals surface area contributed by atoms with Gasteiger partial charge in [0.1, 0.15) is 41.3 Å². The third kappa shape index (κ3) is 12.5. The topological polar surface area (TPSA) is 296 Å². The minimum Gasteiger partial charge on any atom is -0.502 e. The molecule has 22 heteroatoms. The molecule has 7 N–H and O–H groups in total. The molecule has 7 aliphatic rings. The average Bonchev–Trinajstić information content (AvgIpc) is 3.90. The van der Waals surface area contributed by atoms with E-state index >= 15 is 0 Å². The number of ether oxygens (including phenoxy) is 11. The molecule has 7 heterocycles. The summed E-state index contributed by atoms with van der Waals surface area (Å²) in [6.07, 6.45) is -5.00. The number of esters is 2. The lowest BCUT2D eigenvalue weighted by molar-refractivity contribution is -0.364. The fourth-order valence-corrected chi connectivity index (χ4v) is 12.5. The number of aliphatic hydroxyl groups is 4. The Morgan fingerprint density at radius 2 is 1.57 bits per heavy atom. The van der Waals surface area contributed by atoms with Gasteiger partial charge in [0.05, 0.1) is 80.9 Å². The number of aliphatic hydroxyl groups excluding tert-OH is 4. The van der Waals surface area contributed by atoms with Gasteiger partial charge in [0, 0.05) is 36.1 Å². The van der Waals surface area contributed by atoms with Crippen molar-refractivity contribution in [1.29, 1.82) is 0 Å². The number of benzene rings is 2. The maximum Gasteiger partial charge on any atom is 0.310 e. The molecule has 2 aromatic carbocycles. The highest BCUT2D eigenvalue weighted by Crippen LogP contribution is 2.57. The summed E-state index contributed by atoms with van der Waals surface area (Å²) in [7, 11) is 2.86. The highest BCUT2D eigenvalue weighted by Gasteiger charge is 2.57. The van der Waals surface area contributed by atoms with E-state index in [1.54, 1.807) is 52.0 Å². The summed E-state index contributed by atoms with van der Waals surface area (Å²) < 4.78 is 63.5. The van der Waals surface area contributed by atoms with Crippen LogP contribution in [0.15, 0.2) is 35.2 Å². The molecule has 5 fully saturated rings. The lowest BCUT2D eigenvalue weighted by atomic mass is 9.66. The Hall–Kier alpha value is -4.98. The van der Waals surface area contributed by atoms with E-state index in [2.05, 4.69) is 11.9 Å². The molecule has 0 bridgehead atoms. The second-order valence-corrected chi connectivity index (χ2v) is 23.3. The van der Waals surface area contributed by atoms with E-state index in [0.717, 1.165) is 35.5 Å². The number of thiazole rings is 1. The van der Waals surface area contributed by atoms with E-state index < -0.39 is 102 Å². The fraction of sp³-hybridized carbons (Fsp3) is 0.655. The number of cyclic esters (lactones) is 2. The predicted octanol–water partition coefficient (Wildman–Crippen LogP) is 6.24. The number of hydrogen-bond acceptors (Lipinski definition) is 22. The molecule has 21 nitrogen and oxygen atoms in total. The summed E-state index contributed by atoms with van der Waals surface area (Å²) in [6.45, 7) is 13.1. The molecule has 17 atom stereocenters. The molecule has 80 heavy (non-hydrogen) atoms. The molecule has 3 aromatic rings. The third-order valence-electron chi connectivity index (χ3n) is 16.8. The Kier molecular flexibility index (Phi) is 19.8. The summed E-state index contributed by atoms with van der Waals surface area (Å²) in [6, 6.07) is 6.93. The van der Waals surface area contributed by atoms with Crippen molar-refractivity contribution in [3.63, 3.8) is 0 Å². The van der Waals surface area contributed by atoms with Crippen molar-refractivity contribution in [3.05, 3.63) is 62.6 Å². The molecule has 6 aliphatic heterocycles.